The molecule has 0 fully saturated rings. The van der Waals surface area contributed by atoms with E-state index in [0.717, 1.165) is 0 Å². The minimum absolute atomic E-state index is 0.137. The molecule has 1 aromatic carbocycles. The van der Waals surface area contributed by atoms with Gasteiger partial charge >= 0.3 is 0 Å². The molecule has 0 aliphatic carbocycles. The van der Waals surface area contributed by atoms with Gasteiger partial charge in [-0.1, -0.05) is 5.21 Å². The number of rotatable bonds is 4. The first kappa shape index (κ1) is 11.4. The van der Waals surface area contributed by atoms with E-state index >= 15 is 0 Å². The lowest BCUT2D eigenvalue weighted by atomic mass is 10.2. The fraction of sp³-hybridized carbons (Fsp3) is 0.273. The van der Waals surface area contributed by atoms with Gasteiger partial charge < -0.3 is 14.6 Å². The van der Waals surface area contributed by atoms with Gasteiger partial charge in [-0.15, -0.1) is 5.10 Å². The minimum atomic E-state index is -0.137. The number of methoxy groups -OCH3 is 2. The van der Waals surface area contributed by atoms with Gasteiger partial charge in [0.15, 0.2) is 0 Å². The molecule has 1 N–H and O–H groups in total. The van der Waals surface area contributed by atoms with Gasteiger partial charge in [-0.3, -0.25) is 0 Å². The number of hydrogen-bond donors (Lipinski definition) is 1. The minimum Gasteiger partial charge on any atom is -0.497 e. The molecule has 2 aromatic rings. The quantitative estimate of drug-likeness (QED) is 0.848. The number of aliphatic hydroxyl groups excluding tert-OH is 1. The second-order valence-corrected chi connectivity index (χ2v) is 3.33. The van der Waals surface area contributed by atoms with Crippen molar-refractivity contribution in [2.45, 2.75) is 6.61 Å². The highest BCUT2D eigenvalue weighted by Crippen LogP contribution is 2.27. The van der Waals surface area contributed by atoms with Crippen molar-refractivity contribution in [3.05, 3.63) is 30.1 Å². The van der Waals surface area contributed by atoms with Gasteiger partial charge in [0.05, 0.1) is 32.7 Å². The summed E-state index contributed by atoms with van der Waals surface area (Å²) in [6.45, 7) is -0.137. The summed E-state index contributed by atoms with van der Waals surface area (Å²) in [7, 11) is 3.15. The van der Waals surface area contributed by atoms with Crippen molar-refractivity contribution in [3.8, 4) is 17.2 Å². The van der Waals surface area contributed by atoms with Crippen LogP contribution in [0.4, 0.5) is 0 Å². The molecule has 0 aliphatic rings. The number of ether oxygens (including phenoxy) is 2. The van der Waals surface area contributed by atoms with E-state index in [-0.39, 0.29) is 6.61 Å². The van der Waals surface area contributed by atoms with Gasteiger partial charge in [0.2, 0.25) is 0 Å². The predicted molar refractivity (Wildman–Crippen MR) is 60.4 cm³/mol. The van der Waals surface area contributed by atoms with Crippen molar-refractivity contribution >= 4 is 0 Å². The number of nitrogens with zero attached hydrogens (tertiary/aromatic N) is 3. The molecule has 6 heteroatoms. The highest BCUT2D eigenvalue weighted by Gasteiger charge is 2.11. The first-order chi connectivity index (χ1) is 8.30. The van der Waals surface area contributed by atoms with Crippen molar-refractivity contribution in [2.75, 3.05) is 14.2 Å². The number of aliphatic hydroxyl groups is 1. The Bertz CT molecular complexity index is 510. The summed E-state index contributed by atoms with van der Waals surface area (Å²) in [4.78, 5) is 0. The van der Waals surface area contributed by atoms with Crippen LogP contribution in [0, 0.1) is 0 Å². The van der Waals surface area contributed by atoms with Crippen LogP contribution in [0.15, 0.2) is 24.4 Å². The van der Waals surface area contributed by atoms with Crippen LogP contribution in [-0.2, 0) is 6.61 Å². The van der Waals surface area contributed by atoms with Crippen molar-refractivity contribution in [2.24, 2.45) is 0 Å². The SMILES string of the molecule is COc1ccc(-n2nncc2CO)c(OC)c1. The van der Waals surface area contributed by atoms with E-state index in [4.69, 9.17) is 14.6 Å². The fourth-order valence-electron chi connectivity index (χ4n) is 1.53. The summed E-state index contributed by atoms with van der Waals surface area (Å²) < 4.78 is 11.9. The third-order valence-electron chi connectivity index (χ3n) is 2.40. The number of hydrogen-bond acceptors (Lipinski definition) is 5. The summed E-state index contributed by atoms with van der Waals surface area (Å²) in [5.41, 5.74) is 1.29. The molecule has 0 unspecified atom stereocenters. The van der Waals surface area contributed by atoms with Gasteiger partial charge in [0.25, 0.3) is 0 Å². The Morgan fingerprint density at radius 3 is 2.76 bits per heavy atom. The second kappa shape index (κ2) is 4.84. The van der Waals surface area contributed by atoms with Crippen LogP contribution in [0.1, 0.15) is 5.69 Å². The molecule has 0 bridgehead atoms. The molecule has 90 valence electrons. The Morgan fingerprint density at radius 1 is 1.29 bits per heavy atom. The lowest BCUT2D eigenvalue weighted by Gasteiger charge is -2.11. The van der Waals surface area contributed by atoms with Crippen LogP contribution in [0.25, 0.3) is 5.69 Å². The molecule has 0 saturated carbocycles. The van der Waals surface area contributed by atoms with Crippen LogP contribution in [0.3, 0.4) is 0 Å². The van der Waals surface area contributed by atoms with Crippen molar-refractivity contribution in [1.29, 1.82) is 0 Å². The summed E-state index contributed by atoms with van der Waals surface area (Å²) in [5.74, 6) is 1.29. The van der Waals surface area contributed by atoms with E-state index < -0.39 is 0 Å². The molecule has 2 rings (SSSR count). The zero-order chi connectivity index (χ0) is 12.3. The molecule has 1 heterocycles. The fourth-order valence-corrected chi connectivity index (χ4v) is 1.53. The smallest absolute Gasteiger partial charge is 0.148 e. The third kappa shape index (κ3) is 2.07. The molecule has 0 saturated heterocycles. The lowest BCUT2D eigenvalue weighted by Crippen LogP contribution is -2.04. The van der Waals surface area contributed by atoms with Crippen LogP contribution < -0.4 is 9.47 Å². The van der Waals surface area contributed by atoms with Crippen LogP contribution >= 0.6 is 0 Å². The first-order valence-corrected chi connectivity index (χ1v) is 5.03. The molecule has 0 radical (unpaired) electrons. The lowest BCUT2D eigenvalue weighted by molar-refractivity contribution is 0.272. The average Bonchev–Trinajstić information content (AvgIpc) is 2.85. The first-order valence-electron chi connectivity index (χ1n) is 5.03. The maximum Gasteiger partial charge on any atom is 0.148 e. The second-order valence-electron chi connectivity index (χ2n) is 3.33. The van der Waals surface area contributed by atoms with Crippen LogP contribution in [0.2, 0.25) is 0 Å². The third-order valence-corrected chi connectivity index (χ3v) is 2.40. The molecule has 0 amide bonds. The largest absolute Gasteiger partial charge is 0.497 e. The molecule has 0 aliphatic heterocycles. The Hall–Kier alpha value is -2.08. The van der Waals surface area contributed by atoms with Crippen molar-refractivity contribution in [1.82, 2.24) is 15.0 Å². The van der Waals surface area contributed by atoms with E-state index in [1.807, 2.05) is 0 Å². The number of benzene rings is 1. The molecule has 0 spiro atoms. The Labute approximate surface area is 98.4 Å². The number of aromatic nitrogens is 3. The van der Waals surface area contributed by atoms with Gasteiger partial charge in [-0.05, 0) is 12.1 Å². The topological polar surface area (TPSA) is 69.4 Å². The zero-order valence-corrected chi connectivity index (χ0v) is 9.62. The van der Waals surface area contributed by atoms with Crippen molar-refractivity contribution < 1.29 is 14.6 Å². The van der Waals surface area contributed by atoms with E-state index in [1.54, 1.807) is 32.4 Å². The van der Waals surface area contributed by atoms with Crippen LogP contribution in [0.5, 0.6) is 11.5 Å². The Kier molecular flexibility index (Phi) is 3.24. The standard InChI is InChI=1S/C11H13N3O3/c1-16-9-3-4-10(11(5-9)17-2)14-8(7-15)6-12-13-14/h3-6,15H,7H2,1-2H3. The monoisotopic (exact) mass is 235 g/mol. The molecule has 6 nitrogen and oxygen atoms in total. The maximum absolute atomic E-state index is 9.17. The normalized spacial score (nSPS) is 10.3. The summed E-state index contributed by atoms with van der Waals surface area (Å²) in [5, 5.41) is 16.8. The highest BCUT2D eigenvalue weighted by molar-refractivity contribution is 5.50. The summed E-state index contributed by atoms with van der Waals surface area (Å²) >= 11 is 0. The van der Waals surface area contributed by atoms with Gasteiger partial charge in [-0.2, -0.15) is 0 Å². The summed E-state index contributed by atoms with van der Waals surface area (Å²) in [6, 6.07) is 5.34. The Balaban J connectivity index is 2.51. The molecule has 0 atom stereocenters. The van der Waals surface area contributed by atoms with Gasteiger partial charge in [0.1, 0.15) is 17.2 Å². The average molecular weight is 235 g/mol. The van der Waals surface area contributed by atoms with E-state index in [2.05, 4.69) is 10.3 Å². The van der Waals surface area contributed by atoms with Crippen molar-refractivity contribution in [3.63, 3.8) is 0 Å². The molecular weight excluding hydrogens is 222 g/mol. The van der Waals surface area contributed by atoms with Gasteiger partial charge in [-0.25, -0.2) is 4.68 Å². The Morgan fingerprint density at radius 2 is 2.12 bits per heavy atom. The summed E-state index contributed by atoms with van der Waals surface area (Å²) in [6.07, 6.45) is 1.50. The molecule has 1 aromatic heterocycles. The van der Waals surface area contributed by atoms with Gasteiger partial charge in [0, 0.05) is 6.07 Å². The zero-order valence-electron chi connectivity index (χ0n) is 9.62. The van der Waals surface area contributed by atoms with E-state index in [1.165, 1.54) is 10.9 Å². The maximum atomic E-state index is 9.17. The highest BCUT2D eigenvalue weighted by atomic mass is 16.5. The molecular formula is C11H13N3O3. The molecule has 17 heavy (non-hydrogen) atoms. The van der Waals surface area contributed by atoms with E-state index in [0.29, 0.717) is 22.9 Å². The predicted octanol–water partition coefficient (Wildman–Crippen LogP) is 0.777. The van der Waals surface area contributed by atoms with E-state index in [9.17, 15) is 0 Å². The van der Waals surface area contributed by atoms with Crippen LogP contribution in [-0.4, -0.2) is 34.3 Å².